The number of fused-ring (bicyclic) bond motifs is 1. The van der Waals surface area contributed by atoms with Crippen LogP contribution in [0.1, 0.15) is 155 Å². The minimum absolute atomic E-state index is 0.123. The predicted octanol–water partition coefficient (Wildman–Crippen LogP) is 14.2. The highest BCUT2D eigenvalue weighted by Crippen LogP contribution is 2.41. The zero-order chi connectivity index (χ0) is 45.3. The van der Waals surface area contributed by atoms with Crippen molar-refractivity contribution in [1.82, 2.24) is 13.9 Å². The van der Waals surface area contributed by atoms with Crippen molar-refractivity contribution in [3.05, 3.63) is 92.7 Å². The molecule has 1 aromatic carbocycles. The SMILES string of the molecule is CC(C)(C)C1CO1.CC(C)(C)n1sc2ccccc2c1=O.CC(C)C1OC1C(C)(C)C.CC(C)c1ccc(Cl)nc1.CC(C)c1cnccc1Cl.CC1OC1C(C)(C)C. The summed E-state index contributed by atoms with van der Waals surface area (Å²) in [7, 11) is 0. The first kappa shape index (κ1) is 52.8. The minimum Gasteiger partial charge on any atom is -0.373 e. The van der Waals surface area contributed by atoms with Crippen LogP contribution in [-0.2, 0) is 19.7 Å². The Balaban J connectivity index is 0.000000247. The molecule has 6 heterocycles. The molecule has 5 unspecified atom stereocenters. The fraction of sp³-hybridized carbons (Fsp3) is 0.653. The number of halogens is 2. The average Bonchev–Trinajstić information content (AvgIpc) is 3.97. The van der Waals surface area contributed by atoms with Crippen LogP contribution in [0.3, 0.4) is 0 Å². The quantitative estimate of drug-likeness (QED) is 0.151. The number of ether oxygens (including phenoxy) is 3. The molecule has 0 amide bonds. The molecule has 0 aliphatic carbocycles. The summed E-state index contributed by atoms with van der Waals surface area (Å²) >= 11 is 13.0. The van der Waals surface area contributed by atoms with Crippen LogP contribution in [0.15, 0.2) is 65.8 Å². The van der Waals surface area contributed by atoms with Gasteiger partial charge in [-0.25, -0.2) is 4.98 Å². The number of epoxide rings is 3. The summed E-state index contributed by atoms with van der Waals surface area (Å²) in [4.78, 5) is 19.9. The maximum absolute atomic E-state index is 11.9. The molecule has 3 saturated heterocycles. The van der Waals surface area contributed by atoms with E-state index in [1.165, 1.54) is 17.1 Å². The maximum atomic E-state index is 11.9. The third kappa shape index (κ3) is 18.7. The Morgan fingerprint density at radius 1 is 0.746 bits per heavy atom. The van der Waals surface area contributed by atoms with E-state index >= 15 is 0 Å². The average molecular weight is 875 g/mol. The second-order valence-corrected chi connectivity index (χ2v) is 22.7. The standard InChI is InChI=1S/C11H13NOS.C9H18O.2C8H10ClN.C7H14O.C6H12O/c1-11(2,3)12-10(13)8-6-4-5-7-9(8)14-12;1-6(2)7-8(10-7)9(3,4)5;1-6(2)7-5-10-4-3-8(7)9;1-6(2)7-3-4-8(9)10-5-7;1-5-6(8-5)7(2,3)4;1-6(2,3)5-4-7-5/h4-7H,1-3H3;6-8H,1-5H3;2*3-6H,1-2H3;5-6H,1-4H3;5H,4H2,1-3H3. The molecule has 0 saturated carbocycles. The van der Waals surface area contributed by atoms with Gasteiger partial charge in [0.25, 0.3) is 5.56 Å². The van der Waals surface area contributed by atoms with E-state index in [1.807, 2.05) is 79.6 Å². The lowest BCUT2D eigenvalue weighted by Crippen LogP contribution is -2.29. The number of rotatable bonds is 3. The fourth-order valence-electron chi connectivity index (χ4n) is 5.93. The van der Waals surface area contributed by atoms with E-state index in [1.54, 1.807) is 6.20 Å². The molecule has 0 spiro atoms. The van der Waals surface area contributed by atoms with E-state index < -0.39 is 0 Å². The number of aromatic nitrogens is 3. The first-order valence-corrected chi connectivity index (χ1v) is 22.7. The van der Waals surface area contributed by atoms with Crippen molar-refractivity contribution >= 4 is 44.8 Å². The zero-order valence-electron chi connectivity index (χ0n) is 39.7. The van der Waals surface area contributed by atoms with Crippen LogP contribution >= 0.6 is 34.7 Å². The first-order valence-electron chi connectivity index (χ1n) is 21.2. The third-order valence-corrected chi connectivity index (χ3v) is 11.9. The highest BCUT2D eigenvalue weighted by molar-refractivity contribution is 7.13. The van der Waals surface area contributed by atoms with Gasteiger partial charge in [-0.15, -0.1) is 0 Å². The molecule has 3 aliphatic rings. The minimum atomic E-state index is -0.124. The van der Waals surface area contributed by atoms with Gasteiger partial charge in [0.1, 0.15) is 5.15 Å². The summed E-state index contributed by atoms with van der Waals surface area (Å²) in [5, 5.41) is 2.20. The summed E-state index contributed by atoms with van der Waals surface area (Å²) in [6.07, 6.45) is 7.94. The molecule has 7 nitrogen and oxygen atoms in total. The molecule has 4 aromatic rings. The van der Waals surface area contributed by atoms with Crippen molar-refractivity contribution in [2.45, 2.75) is 179 Å². The molecule has 0 N–H and O–H groups in total. The van der Waals surface area contributed by atoms with E-state index in [4.69, 9.17) is 37.4 Å². The third-order valence-electron chi connectivity index (χ3n) is 9.84. The van der Waals surface area contributed by atoms with Gasteiger partial charge >= 0.3 is 0 Å². The number of hydrogen-bond acceptors (Lipinski definition) is 7. The van der Waals surface area contributed by atoms with Crippen LogP contribution in [0.25, 0.3) is 10.1 Å². The highest BCUT2D eigenvalue weighted by atomic mass is 35.5. The molecule has 3 aliphatic heterocycles. The molecule has 0 radical (unpaired) electrons. The van der Waals surface area contributed by atoms with Crippen molar-refractivity contribution in [3.63, 3.8) is 0 Å². The Hall–Kier alpha value is -2.33. The molecule has 10 heteroatoms. The van der Waals surface area contributed by atoms with Crippen molar-refractivity contribution in [1.29, 1.82) is 0 Å². The van der Waals surface area contributed by atoms with Crippen molar-refractivity contribution < 1.29 is 14.2 Å². The monoisotopic (exact) mass is 874 g/mol. The summed E-state index contributed by atoms with van der Waals surface area (Å²) in [6.45, 7) is 42.1. The fourth-order valence-corrected chi connectivity index (χ4v) is 7.41. The van der Waals surface area contributed by atoms with Gasteiger partial charge in [-0.2, -0.15) is 0 Å². The van der Waals surface area contributed by atoms with E-state index in [-0.39, 0.29) is 11.1 Å². The van der Waals surface area contributed by atoms with Crippen molar-refractivity contribution in [2.24, 2.45) is 22.2 Å². The second-order valence-electron chi connectivity index (χ2n) is 20.9. The van der Waals surface area contributed by atoms with Crippen LogP contribution in [0.4, 0.5) is 0 Å². The second kappa shape index (κ2) is 22.2. The van der Waals surface area contributed by atoms with Gasteiger partial charge in [-0.1, -0.05) is 157 Å². The van der Waals surface area contributed by atoms with Crippen LogP contribution in [-0.4, -0.2) is 51.1 Å². The zero-order valence-corrected chi connectivity index (χ0v) is 42.1. The Morgan fingerprint density at radius 2 is 1.31 bits per heavy atom. The van der Waals surface area contributed by atoms with Gasteiger partial charge in [-0.3, -0.25) is 13.7 Å². The molecule has 3 fully saturated rings. The molecule has 332 valence electrons. The van der Waals surface area contributed by atoms with E-state index in [0.717, 1.165) is 27.3 Å². The van der Waals surface area contributed by atoms with Gasteiger partial charge in [-0.05, 0) is 97.1 Å². The van der Waals surface area contributed by atoms with E-state index in [0.29, 0.717) is 69.7 Å². The Labute approximate surface area is 372 Å². The van der Waals surface area contributed by atoms with Crippen molar-refractivity contribution in [3.8, 4) is 0 Å². The lowest BCUT2D eigenvalue weighted by molar-refractivity contribution is 0.256. The molecule has 5 atom stereocenters. The maximum Gasteiger partial charge on any atom is 0.269 e. The largest absolute Gasteiger partial charge is 0.373 e. The number of benzene rings is 1. The first-order chi connectivity index (χ1) is 27.0. The van der Waals surface area contributed by atoms with Gasteiger partial charge in [0.15, 0.2) is 0 Å². The van der Waals surface area contributed by atoms with Gasteiger partial charge < -0.3 is 14.2 Å². The van der Waals surface area contributed by atoms with Crippen LogP contribution in [0.2, 0.25) is 10.2 Å². The van der Waals surface area contributed by atoms with E-state index in [2.05, 4.69) is 121 Å². The summed E-state index contributed by atoms with van der Waals surface area (Å²) in [5.74, 6) is 1.68. The Morgan fingerprint density at radius 3 is 1.59 bits per heavy atom. The van der Waals surface area contributed by atoms with Gasteiger partial charge in [0.2, 0.25) is 0 Å². The van der Waals surface area contributed by atoms with Crippen LogP contribution in [0, 0.1) is 22.2 Å². The topological polar surface area (TPSA) is 85.4 Å². The van der Waals surface area contributed by atoms with Gasteiger partial charge in [0, 0.05) is 23.6 Å². The lowest BCUT2D eigenvalue weighted by atomic mass is 9.87. The highest BCUT2D eigenvalue weighted by Gasteiger charge is 2.48. The molecule has 3 aromatic heterocycles. The summed E-state index contributed by atoms with van der Waals surface area (Å²) < 4.78 is 18.8. The smallest absolute Gasteiger partial charge is 0.269 e. The molecule has 59 heavy (non-hydrogen) atoms. The summed E-state index contributed by atoms with van der Waals surface area (Å²) in [5.41, 5.74) is 3.43. The van der Waals surface area contributed by atoms with Crippen LogP contribution in [0.5, 0.6) is 0 Å². The van der Waals surface area contributed by atoms with Crippen LogP contribution < -0.4 is 5.56 Å². The summed E-state index contributed by atoms with van der Waals surface area (Å²) in [6, 6.07) is 13.4. The predicted molar refractivity (Wildman–Crippen MR) is 254 cm³/mol. The Bertz CT molecular complexity index is 1890. The normalized spacial score (nSPS) is 20.7. The number of pyridine rings is 2. The molecular formula is C49H77Cl2N3O4S. The lowest BCUT2D eigenvalue weighted by Gasteiger charge is -2.17. The number of hydrogen-bond donors (Lipinski definition) is 0. The Kier molecular flexibility index (Phi) is 19.8. The molecule has 7 rings (SSSR count). The molecule has 0 bridgehead atoms. The molecular weight excluding hydrogens is 798 g/mol. The van der Waals surface area contributed by atoms with Crippen molar-refractivity contribution in [2.75, 3.05) is 6.61 Å². The number of nitrogens with zero attached hydrogens (tertiary/aromatic N) is 3. The van der Waals surface area contributed by atoms with E-state index in [9.17, 15) is 4.79 Å². The van der Waals surface area contributed by atoms with Gasteiger partial charge in [0.05, 0.1) is 52.8 Å².